The summed E-state index contributed by atoms with van der Waals surface area (Å²) in [6.45, 7) is 8.50. The summed E-state index contributed by atoms with van der Waals surface area (Å²) < 4.78 is 0. The largest absolute Gasteiger partial charge is 0.368 e. The molecule has 2 N–H and O–H groups in total. The van der Waals surface area contributed by atoms with E-state index in [0.717, 1.165) is 60.2 Å². The van der Waals surface area contributed by atoms with Crippen molar-refractivity contribution >= 4 is 28.3 Å². The summed E-state index contributed by atoms with van der Waals surface area (Å²) in [6, 6.07) is 4.16. The molecule has 0 amide bonds. The predicted octanol–water partition coefficient (Wildman–Crippen LogP) is 3.60. The summed E-state index contributed by atoms with van der Waals surface area (Å²) in [5, 5.41) is 4.19. The molecule has 3 rings (SSSR count). The summed E-state index contributed by atoms with van der Waals surface area (Å²) in [7, 11) is 0. The van der Waals surface area contributed by atoms with Crippen LogP contribution in [0.15, 0.2) is 12.1 Å². The van der Waals surface area contributed by atoms with Gasteiger partial charge in [-0.2, -0.15) is 0 Å². The first-order valence-corrected chi connectivity index (χ1v) is 8.72. The van der Waals surface area contributed by atoms with Gasteiger partial charge >= 0.3 is 0 Å². The Morgan fingerprint density at radius 3 is 2.64 bits per heavy atom. The van der Waals surface area contributed by atoms with Crippen LogP contribution in [0.25, 0.3) is 11.0 Å². The monoisotopic (exact) mass is 320 g/mol. The summed E-state index contributed by atoms with van der Waals surface area (Å²) in [4.78, 5) is 10.6. The van der Waals surface area contributed by atoms with Crippen molar-refractivity contribution in [2.24, 2.45) is 5.92 Å². The molecule has 2 heterocycles. The zero-order valence-corrected chi connectivity index (χ0v) is 14.2. The standard InChI is InChI=1S/C17H25ClN4/c1-3-12(4-2)9-17-20-14-10-13(18)16(11-15(14)21-17)22-7-5-19-6-8-22/h10-12,19H,3-9H2,1-2H3,(H,20,21). The summed E-state index contributed by atoms with van der Waals surface area (Å²) >= 11 is 6.50. The maximum Gasteiger partial charge on any atom is 0.107 e. The molecule has 0 saturated carbocycles. The Kier molecular flexibility index (Phi) is 4.89. The van der Waals surface area contributed by atoms with Crippen molar-refractivity contribution in [2.75, 3.05) is 31.1 Å². The predicted molar refractivity (Wildman–Crippen MR) is 94.0 cm³/mol. The van der Waals surface area contributed by atoms with Gasteiger partial charge in [-0.3, -0.25) is 0 Å². The highest BCUT2D eigenvalue weighted by molar-refractivity contribution is 6.34. The van der Waals surface area contributed by atoms with Crippen LogP contribution in [-0.4, -0.2) is 36.1 Å². The maximum atomic E-state index is 6.50. The van der Waals surface area contributed by atoms with Gasteiger partial charge in [0.25, 0.3) is 0 Å². The molecular weight excluding hydrogens is 296 g/mol. The van der Waals surface area contributed by atoms with Crippen molar-refractivity contribution in [3.05, 3.63) is 23.0 Å². The molecule has 1 aromatic heterocycles. The Bertz CT molecular complexity index is 627. The minimum atomic E-state index is 0.698. The lowest BCUT2D eigenvalue weighted by Gasteiger charge is -2.30. The number of nitrogens with zero attached hydrogens (tertiary/aromatic N) is 2. The average Bonchev–Trinajstić information content (AvgIpc) is 2.93. The lowest BCUT2D eigenvalue weighted by molar-refractivity contribution is 0.481. The van der Waals surface area contributed by atoms with Crippen LogP contribution in [0.5, 0.6) is 0 Å². The number of nitrogens with one attached hydrogen (secondary N) is 2. The Morgan fingerprint density at radius 2 is 1.95 bits per heavy atom. The van der Waals surface area contributed by atoms with Gasteiger partial charge in [0.05, 0.1) is 21.7 Å². The molecule has 1 fully saturated rings. The van der Waals surface area contributed by atoms with Crippen molar-refractivity contribution < 1.29 is 0 Å². The number of aromatic amines is 1. The van der Waals surface area contributed by atoms with Gasteiger partial charge in [-0.05, 0) is 18.1 Å². The topological polar surface area (TPSA) is 44.0 Å². The number of imidazole rings is 1. The van der Waals surface area contributed by atoms with Crippen molar-refractivity contribution in [1.29, 1.82) is 0 Å². The van der Waals surface area contributed by atoms with E-state index in [1.54, 1.807) is 0 Å². The minimum Gasteiger partial charge on any atom is -0.368 e. The lowest BCUT2D eigenvalue weighted by atomic mass is 9.99. The van der Waals surface area contributed by atoms with Gasteiger partial charge in [0.15, 0.2) is 0 Å². The second-order valence-corrected chi connectivity index (χ2v) is 6.54. The first-order valence-electron chi connectivity index (χ1n) is 8.35. The van der Waals surface area contributed by atoms with E-state index in [4.69, 9.17) is 16.6 Å². The number of aromatic nitrogens is 2. The number of H-pyrrole nitrogens is 1. The molecule has 0 atom stereocenters. The second-order valence-electron chi connectivity index (χ2n) is 6.13. The van der Waals surface area contributed by atoms with Crippen molar-refractivity contribution in [3.63, 3.8) is 0 Å². The molecule has 1 aromatic carbocycles. The van der Waals surface area contributed by atoms with Crippen LogP contribution in [-0.2, 0) is 6.42 Å². The van der Waals surface area contributed by atoms with Gasteiger partial charge in [0.2, 0.25) is 0 Å². The van der Waals surface area contributed by atoms with E-state index in [1.165, 1.54) is 12.8 Å². The highest BCUT2D eigenvalue weighted by Crippen LogP contribution is 2.31. The van der Waals surface area contributed by atoms with Crippen molar-refractivity contribution in [3.8, 4) is 0 Å². The van der Waals surface area contributed by atoms with Crippen molar-refractivity contribution in [2.45, 2.75) is 33.1 Å². The molecule has 1 aliphatic heterocycles. The quantitative estimate of drug-likeness (QED) is 0.884. The fourth-order valence-electron chi connectivity index (χ4n) is 3.17. The number of hydrogen-bond donors (Lipinski definition) is 2. The first kappa shape index (κ1) is 15.6. The van der Waals surface area contributed by atoms with Gasteiger partial charge < -0.3 is 15.2 Å². The van der Waals surface area contributed by atoms with E-state index in [0.29, 0.717) is 5.92 Å². The highest BCUT2D eigenvalue weighted by Gasteiger charge is 2.16. The molecule has 1 aliphatic rings. The van der Waals surface area contributed by atoms with E-state index in [-0.39, 0.29) is 0 Å². The number of rotatable bonds is 5. The van der Waals surface area contributed by atoms with Crippen LogP contribution in [0, 0.1) is 5.92 Å². The van der Waals surface area contributed by atoms with E-state index in [2.05, 4.69) is 35.1 Å². The molecular formula is C17H25ClN4. The van der Waals surface area contributed by atoms with Gasteiger partial charge in [-0.25, -0.2) is 4.98 Å². The first-order chi connectivity index (χ1) is 10.7. The molecule has 0 bridgehead atoms. The zero-order chi connectivity index (χ0) is 15.5. The Balaban J connectivity index is 1.88. The summed E-state index contributed by atoms with van der Waals surface area (Å²) in [5.41, 5.74) is 3.18. The number of anilines is 1. The van der Waals surface area contributed by atoms with E-state index in [1.807, 2.05) is 6.07 Å². The molecule has 0 radical (unpaired) electrons. The van der Waals surface area contributed by atoms with E-state index < -0.39 is 0 Å². The smallest absolute Gasteiger partial charge is 0.107 e. The van der Waals surface area contributed by atoms with Crippen LogP contribution >= 0.6 is 11.6 Å². The van der Waals surface area contributed by atoms with Crippen LogP contribution in [0.3, 0.4) is 0 Å². The van der Waals surface area contributed by atoms with Crippen LogP contribution in [0.2, 0.25) is 5.02 Å². The Morgan fingerprint density at radius 1 is 1.23 bits per heavy atom. The van der Waals surface area contributed by atoms with E-state index >= 15 is 0 Å². The molecule has 5 heteroatoms. The van der Waals surface area contributed by atoms with E-state index in [9.17, 15) is 0 Å². The average molecular weight is 321 g/mol. The normalized spacial score (nSPS) is 15.9. The third kappa shape index (κ3) is 3.23. The molecule has 0 unspecified atom stereocenters. The fourth-order valence-corrected chi connectivity index (χ4v) is 3.45. The molecule has 1 saturated heterocycles. The van der Waals surface area contributed by atoms with Crippen LogP contribution in [0.1, 0.15) is 32.5 Å². The summed E-state index contributed by atoms with van der Waals surface area (Å²) in [5.74, 6) is 1.78. The number of fused-ring (bicyclic) bond motifs is 1. The number of benzene rings is 1. The molecule has 120 valence electrons. The molecule has 4 nitrogen and oxygen atoms in total. The zero-order valence-electron chi connectivity index (χ0n) is 13.5. The minimum absolute atomic E-state index is 0.698. The lowest BCUT2D eigenvalue weighted by Crippen LogP contribution is -2.43. The fraction of sp³-hybridized carbons (Fsp3) is 0.588. The second kappa shape index (κ2) is 6.88. The number of piperazine rings is 1. The third-order valence-corrected chi connectivity index (χ3v) is 5.00. The van der Waals surface area contributed by atoms with Gasteiger partial charge in [0, 0.05) is 32.6 Å². The maximum absolute atomic E-state index is 6.50. The Hall–Kier alpha value is -1.26. The molecule has 2 aromatic rings. The van der Waals surface area contributed by atoms with Gasteiger partial charge in [0.1, 0.15) is 5.82 Å². The highest BCUT2D eigenvalue weighted by atomic mass is 35.5. The van der Waals surface area contributed by atoms with Crippen LogP contribution < -0.4 is 10.2 Å². The summed E-state index contributed by atoms with van der Waals surface area (Å²) in [6.07, 6.45) is 3.41. The Labute approximate surface area is 137 Å². The van der Waals surface area contributed by atoms with Gasteiger partial charge in [-0.15, -0.1) is 0 Å². The molecule has 0 aliphatic carbocycles. The van der Waals surface area contributed by atoms with Gasteiger partial charge in [-0.1, -0.05) is 38.3 Å². The van der Waals surface area contributed by atoms with Crippen molar-refractivity contribution in [1.82, 2.24) is 15.3 Å². The molecule has 22 heavy (non-hydrogen) atoms. The number of hydrogen-bond acceptors (Lipinski definition) is 3. The van der Waals surface area contributed by atoms with Crippen LogP contribution in [0.4, 0.5) is 5.69 Å². The molecule has 0 spiro atoms. The third-order valence-electron chi connectivity index (χ3n) is 4.69. The SMILES string of the molecule is CCC(CC)Cc1nc2cc(N3CCNCC3)c(Cl)cc2[nH]1. The number of halogens is 1.